The van der Waals surface area contributed by atoms with Gasteiger partial charge >= 0.3 is 6.18 Å². The lowest BCUT2D eigenvalue weighted by atomic mass is 9.79. The average Bonchev–Trinajstić information content (AvgIpc) is 3.22. The number of likely N-dealkylation sites (tertiary alicyclic amines) is 1. The van der Waals surface area contributed by atoms with E-state index in [1.54, 1.807) is 6.20 Å². The van der Waals surface area contributed by atoms with Crippen LogP contribution in [0.1, 0.15) is 53.7 Å². The number of nitrogens with one attached hydrogen (secondary N) is 1. The topological polar surface area (TPSA) is 103 Å². The first-order chi connectivity index (χ1) is 17.0. The molecule has 0 radical (unpaired) electrons. The van der Waals surface area contributed by atoms with Gasteiger partial charge in [-0.1, -0.05) is 12.1 Å². The number of hydrogen-bond acceptors (Lipinski definition) is 6. The molecular formula is C26H30F3N3O4. The number of hydrogen-bond donors (Lipinski definition) is 3. The predicted molar refractivity (Wildman–Crippen MR) is 125 cm³/mol. The second kappa shape index (κ2) is 10.7. The number of aliphatic hydroxyl groups excluding tert-OH is 1. The number of aliphatic hydroxyl groups is 2. The molecule has 1 aliphatic heterocycles. The number of halogens is 3. The lowest BCUT2D eigenvalue weighted by molar-refractivity contribution is -0.137. The molecule has 7 nitrogen and oxygen atoms in total. The second-order valence-electron chi connectivity index (χ2n) is 9.76. The fourth-order valence-electron chi connectivity index (χ4n) is 5.21. The van der Waals surface area contributed by atoms with E-state index in [4.69, 9.17) is 0 Å². The summed E-state index contributed by atoms with van der Waals surface area (Å²) >= 11 is 0. The summed E-state index contributed by atoms with van der Waals surface area (Å²) in [5.41, 5.74) is -1.39. The van der Waals surface area contributed by atoms with Crippen LogP contribution in [0.25, 0.3) is 0 Å². The lowest BCUT2D eigenvalue weighted by Crippen LogP contribution is -2.42. The lowest BCUT2D eigenvalue weighted by Gasteiger charge is -2.39. The van der Waals surface area contributed by atoms with E-state index in [9.17, 15) is 33.0 Å². The van der Waals surface area contributed by atoms with Gasteiger partial charge in [0, 0.05) is 43.2 Å². The average molecular weight is 506 g/mol. The molecule has 36 heavy (non-hydrogen) atoms. The van der Waals surface area contributed by atoms with Crippen LogP contribution in [0.5, 0.6) is 0 Å². The Balaban J connectivity index is 1.25. The minimum atomic E-state index is -4.56. The van der Waals surface area contributed by atoms with Gasteiger partial charge in [-0.3, -0.25) is 19.5 Å². The van der Waals surface area contributed by atoms with Crippen molar-refractivity contribution in [3.8, 4) is 0 Å². The van der Waals surface area contributed by atoms with Crippen LogP contribution >= 0.6 is 0 Å². The van der Waals surface area contributed by atoms with E-state index in [0.717, 1.165) is 31.0 Å². The zero-order valence-electron chi connectivity index (χ0n) is 19.7. The molecule has 3 N–H and O–H groups in total. The monoisotopic (exact) mass is 505 g/mol. The van der Waals surface area contributed by atoms with Gasteiger partial charge in [-0.25, -0.2) is 0 Å². The quantitative estimate of drug-likeness (QED) is 0.535. The van der Waals surface area contributed by atoms with Crippen LogP contribution in [0, 0.1) is 5.92 Å². The fraction of sp³-hybridized carbons (Fsp3) is 0.500. The molecule has 1 unspecified atom stereocenters. The van der Waals surface area contributed by atoms with E-state index in [-0.39, 0.29) is 36.3 Å². The number of amides is 1. The number of benzene rings is 1. The van der Waals surface area contributed by atoms with Crippen molar-refractivity contribution in [1.29, 1.82) is 0 Å². The Hall–Kier alpha value is -2.82. The van der Waals surface area contributed by atoms with E-state index in [2.05, 4.69) is 15.2 Å². The SMILES string of the molecule is O=C(CNC(=O)c1cccc(C(F)(F)F)c1)CC1CN(C2CCC(O)(c3ccccn3)CC2)C[C@@H]1O. The van der Waals surface area contributed by atoms with Gasteiger partial charge in [0.25, 0.3) is 5.91 Å². The molecule has 2 atom stereocenters. The van der Waals surface area contributed by atoms with Crippen LogP contribution in [-0.2, 0) is 16.6 Å². The van der Waals surface area contributed by atoms with E-state index in [1.165, 1.54) is 6.07 Å². The number of carbonyl (C=O) groups is 2. The summed E-state index contributed by atoms with van der Waals surface area (Å²) in [5.74, 6) is -1.35. The minimum Gasteiger partial charge on any atom is -0.391 e. The number of pyridine rings is 1. The van der Waals surface area contributed by atoms with E-state index < -0.39 is 29.4 Å². The standard InChI is InChI=1S/C26H30F3N3O4/c27-26(28,29)19-5-3-4-17(12-19)24(35)31-14-21(33)13-18-15-32(16-22(18)34)20-7-9-25(36,10-8-20)23-6-1-2-11-30-23/h1-6,11-12,18,20,22,34,36H,7-10,13-16H2,(H,31,35)/t18?,20?,22-,25?/m0/s1. The molecular weight excluding hydrogens is 475 g/mol. The number of aromatic nitrogens is 1. The normalized spacial score (nSPS) is 27.1. The van der Waals surface area contributed by atoms with Crippen molar-refractivity contribution in [2.45, 2.75) is 56.0 Å². The van der Waals surface area contributed by atoms with Crippen molar-refractivity contribution in [3.05, 3.63) is 65.5 Å². The van der Waals surface area contributed by atoms with Crippen LogP contribution in [0.15, 0.2) is 48.7 Å². The Kier molecular flexibility index (Phi) is 7.77. The fourth-order valence-corrected chi connectivity index (χ4v) is 5.21. The molecule has 1 aromatic carbocycles. The van der Waals surface area contributed by atoms with Crippen molar-refractivity contribution in [3.63, 3.8) is 0 Å². The summed E-state index contributed by atoms with van der Waals surface area (Å²) in [6, 6.07) is 9.70. The second-order valence-corrected chi connectivity index (χ2v) is 9.76. The van der Waals surface area contributed by atoms with Crippen LogP contribution in [-0.4, -0.2) is 63.6 Å². The van der Waals surface area contributed by atoms with Crippen molar-refractivity contribution >= 4 is 11.7 Å². The summed E-state index contributed by atoms with van der Waals surface area (Å²) in [5, 5.41) is 23.9. The number of Topliss-reactive ketones (excluding diaryl/α,β-unsaturated/α-hetero) is 1. The van der Waals surface area contributed by atoms with Gasteiger partial charge in [-0.05, 0) is 56.0 Å². The first-order valence-electron chi connectivity index (χ1n) is 12.1. The molecule has 2 aliphatic rings. The van der Waals surface area contributed by atoms with Gasteiger partial charge in [0.2, 0.25) is 0 Å². The third kappa shape index (κ3) is 6.11. The minimum absolute atomic E-state index is 0.0606. The predicted octanol–water partition coefficient (Wildman–Crippen LogP) is 2.91. The Morgan fingerprint density at radius 1 is 1.11 bits per heavy atom. The highest BCUT2D eigenvalue weighted by molar-refractivity contribution is 5.96. The number of alkyl halides is 3. The number of β-amino-alcohol motifs (C(OH)–C–C–N with tert-alkyl or cyclic N) is 1. The zero-order valence-corrected chi connectivity index (χ0v) is 19.7. The maximum Gasteiger partial charge on any atom is 0.416 e. The van der Waals surface area contributed by atoms with Gasteiger partial charge in [0.15, 0.2) is 5.78 Å². The van der Waals surface area contributed by atoms with E-state index in [1.807, 2.05) is 18.2 Å². The summed E-state index contributed by atoms with van der Waals surface area (Å²) in [4.78, 5) is 31.1. The third-order valence-corrected chi connectivity index (χ3v) is 7.26. The number of nitrogens with zero attached hydrogens (tertiary/aromatic N) is 2. The summed E-state index contributed by atoms with van der Waals surface area (Å²) in [6.07, 6.45) is -0.915. The maximum atomic E-state index is 12.9. The maximum absolute atomic E-state index is 12.9. The molecule has 0 spiro atoms. The smallest absolute Gasteiger partial charge is 0.391 e. The molecule has 1 saturated carbocycles. The third-order valence-electron chi connectivity index (χ3n) is 7.26. The van der Waals surface area contributed by atoms with Crippen molar-refractivity contribution < 1.29 is 33.0 Å². The molecule has 2 aromatic rings. The van der Waals surface area contributed by atoms with Gasteiger partial charge in [-0.15, -0.1) is 0 Å². The Bertz CT molecular complexity index is 1070. The van der Waals surface area contributed by atoms with Crippen molar-refractivity contribution in [1.82, 2.24) is 15.2 Å². The van der Waals surface area contributed by atoms with Crippen LogP contribution in [0.2, 0.25) is 0 Å². The first-order valence-corrected chi connectivity index (χ1v) is 12.1. The summed E-state index contributed by atoms with van der Waals surface area (Å²) in [7, 11) is 0. The molecule has 1 aromatic heterocycles. The molecule has 0 bridgehead atoms. The number of ketones is 1. The highest BCUT2D eigenvalue weighted by Crippen LogP contribution is 2.39. The molecule has 2 heterocycles. The van der Waals surface area contributed by atoms with E-state index in [0.29, 0.717) is 31.6 Å². The zero-order chi connectivity index (χ0) is 25.9. The molecule has 10 heteroatoms. The Morgan fingerprint density at radius 2 is 1.86 bits per heavy atom. The van der Waals surface area contributed by atoms with Gasteiger partial charge in [0.05, 0.1) is 23.9 Å². The first kappa shape index (κ1) is 26.2. The number of carbonyl (C=O) groups excluding carboxylic acids is 2. The molecule has 1 amide bonds. The Labute approximate surface area is 207 Å². The molecule has 2 fully saturated rings. The molecule has 1 saturated heterocycles. The van der Waals surface area contributed by atoms with E-state index >= 15 is 0 Å². The highest BCUT2D eigenvalue weighted by Gasteiger charge is 2.41. The molecule has 1 aliphatic carbocycles. The largest absolute Gasteiger partial charge is 0.416 e. The Morgan fingerprint density at radius 3 is 2.53 bits per heavy atom. The van der Waals surface area contributed by atoms with Crippen LogP contribution in [0.4, 0.5) is 13.2 Å². The van der Waals surface area contributed by atoms with Crippen LogP contribution < -0.4 is 5.32 Å². The van der Waals surface area contributed by atoms with Crippen molar-refractivity contribution in [2.75, 3.05) is 19.6 Å². The molecule has 4 rings (SSSR count). The van der Waals surface area contributed by atoms with Gasteiger partial charge < -0.3 is 15.5 Å². The summed E-state index contributed by atoms with van der Waals surface area (Å²) in [6.45, 7) is 0.640. The number of rotatable bonds is 7. The van der Waals surface area contributed by atoms with Gasteiger partial charge in [0.1, 0.15) is 5.60 Å². The molecule has 194 valence electrons. The highest BCUT2D eigenvalue weighted by atomic mass is 19.4. The van der Waals surface area contributed by atoms with Gasteiger partial charge in [-0.2, -0.15) is 13.2 Å². The summed E-state index contributed by atoms with van der Waals surface area (Å²) < 4.78 is 38.6. The van der Waals surface area contributed by atoms with Crippen molar-refractivity contribution in [2.24, 2.45) is 5.92 Å². The van der Waals surface area contributed by atoms with Crippen LogP contribution in [0.3, 0.4) is 0 Å².